The van der Waals surface area contributed by atoms with Gasteiger partial charge in [0.05, 0.1) is 0 Å². The van der Waals surface area contributed by atoms with Crippen molar-refractivity contribution in [2.24, 2.45) is 11.7 Å². The van der Waals surface area contributed by atoms with Crippen LogP contribution in [0.2, 0.25) is 0 Å². The molecule has 2 heteroatoms. The van der Waals surface area contributed by atoms with E-state index in [4.69, 9.17) is 0 Å². The molecule has 1 aromatic carbocycles. The molecule has 1 aromatic rings. The van der Waals surface area contributed by atoms with Crippen LogP contribution in [0.3, 0.4) is 0 Å². The van der Waals surface area contributed by atoms with Crippen molar-refractivity contribution in [3.63, 3.8) is 0 Å². The molecule has 0 fully saturated rings. The number of rotatable bonds is 6. The Balaban J connectivity index is -0.000000321. The molecule has 2 N–H and O–H groups in total. The first-order chi connectivity index (χ1) is 11.1. The van der Waals surface area contributed by atoms with Crippen LogP contribution >= 0.6 is 0 Å². The summed E-state index contributed by atoms with van der Waals surface area (Å²) in [5.41, 5.74) is 8.42. The predicted octanol–water partition coefficient (Wildman–Crippen LogP) is 6.43. The average molecular weight is 501 g/mol. The topological polar surface area (TPSA) is 26.0 Å². The van der Waals surface area contributed by atoms with Crippen LogP contribution in [0.5, 0.6) is 0 Å². The van der Waals surface area contributed by atoms with Gasteiger partial charge in [0, 0.05) is 20.4 Å². The molecule has 1 radical (unpaired) electrons. The van der Waals surface area contributed by atoms with Gasteiger partial charge in [-0.05, 0) is 53.5 Å². The number of hydrogen-bond donors (Lipinski definition) is 1. The Morgan fingerprint density at radius 3 is 2.12 bits per heavy atom. The SMILES string of the molecule is C/C=C(\C)c1cc[c-]cc1.C=C(C)C(C/C=C/C)CCC.CN.[Re]. The van der Waals surface area contributed by atoms with E-state index in [-0.39, 0.29) is 20.4 Å². The molecule has 0 aromatic heterocycles. The second-order valence-corrected chi connectivity index (χ2v) is 5.40. The van der Waals surface area contributed by atoms with Crippen molar-refractivity contribution >= 4 is 5.57 Å². The molecule has 1 nitrogen and oxygen atoms in total. The monoisotopic (exact) mass is 501 g/mol. The van der Waals surface area contributed by atoms with E-state index in [1.165, 1.54) is 43.0 Å². The third-order valence-electron chi connectivity index (χ3n) is 3.60. The summed E-state index contributed by atoms with van der Waals surface area (Å²) in [5.74, 6) is 0.705. The normalized spacial score (nSPS) is 11.4. The average Bonchev–Trinajstić information content (AvgIpc) is 2.60. The van der Waals surface area contributed by atoms with Crippen molar-refractivity contribution in [2.45, 2.75) is 53.9 Å². The van der Waals surface area contributed by atoms with E-state index in [1.54, 1.807) is 0 Å². The predicted molar refractivity (Wildman–Crippen MR) is 107 cm³/mol. The minimum Gasteiger partial charge on any atom is -0.333 e. The Hall–Kier alpha value is -0.938. The maximum Gasteiger partial charge on any atom is 0 e. The standard InChI is InChI=1S/C11H20.C10H11.CH5N.Re/c1-5-7-9-11(8-6-2)10(3)4;1-3-9(2)10-7-5-4-6-8-10;1-2;/h5,7,11H,3,6,8-9H2,1-2,4H3;3,5-8H,1-2H3;2H2,1H3;/q;-1;;/b7-5+;9-3+;;. The quantitative estimate of drug-likeness (QED) is 0.354. The molecular weight excluding hydrogens is 464 g/mol. The van der Waals surface area contributed by atoms with Crippen molar-refractivity contribution in [3.8, 4) is 0 Å². The number of hydrogen-bond acceptors (Lipinski definition) is 1. The summed E-state index contributed by atoms with van der Waals surface area (Å²) in [7, 11) is 1.50. The zero-order chi connectivity index (χ0) is 18.1. The summed E-state index contributed by atoms with van der Waals surface area (Å²) in [6.07, 6.45) is 10.2. The van der Waals surface area contributed by atoms with E-state index in [2.05, 4.69) is 76.4 Å². The van der Waals surface area contributed by atoms with Crippen LogP contribution in [-0.4, -0.2) is 7.05 Å². The van der Waals surface area contributed by atoms with Crippen LogP contribution in [0, 0.1) is 12.0 Å². The van der Waals surface area contributed by atoms with Gasteiger partial charge in [-0.3, -0.25) is 0 Å². The fraction of sp³-hybridized carbons (Fsp3) is 0.455. The summed E-state index contributed by atoms with van der Waals surface area (Å²) in [6, 6.07) is 11.0. The third-order valence-corrected chi connectivity index (χ3v) is 3.60. The van der Waals surface area contributed by atoms with Crippen LogP contribution in [0.1, 0.15) is 59.4 Å². The molecule has 0 saturated heterocycles. The van der Waals surface area contributed by atoms with Crippen molar-refractivity contribution in [1.82, 2.24) is 0 Å². The minimum absolute atomic E-state index is 0. The zero-order valence-corrected chi connectivity index (χ0v) is 19.1. The summed E-state index contributed by atoms with van der Waals surface area (Å²) >= 11 is 0. The van der Waals surface area contributed by atoms with E-state index in [1.807, 2.05) is 19.1 Å². The maximum absolute atomic E-state index is 4.50. The molecule has 137 valence electrons. The largest absolute Gasteiger partial charge is 0.333 e. The number of nitrogens with two attached hydrogens (primary N) is 1. The van der Waals surface area contributed by atoms with E-state index < -0.39 is 0 Å². The Morgan fingerprint density at radius 1 is 1.21 bits per heavy atom. The van der Waals surface area contributed by atoms with Crippen LogP contribution in [0.15, 0.2) is 54.6 Å². The molecule has 0 aliphatic rings. The summed E-state index contributed by atoms with van der Waals surface area (Å²) in [4.78, 5) is 0. The van der Waals surface area contributed by atoms with Crippen molar-refractivity contribution in [3.05, 3.63) is 66.3 Å². The van der Waals surface area contributed by atoms with Gasteiger partial charge in [0.1, 0.15) is 0 Å². The van der Waals surface area contributed by atoms with Crippen LogP contribution in [-0.2, 0) is 20.4 Å². The van der Waals surface area contributed by atoms with E-state index >= 15 is 0 Å². The second kappa shape index (κ2) is 20.1. The van der Waals surface area contributed by atoms with E-state index in [0.717, 1.165) is 0 Å². The Bertz CT molecular complexity index is 446. The van der Waals surface area contributed by atoms with Gasteiger partial charge in [-0.1, -0.05) is 49.3 Å². The van der Waals surface area contributed by atoms with Crippen LogP contribution in [0.4, 0.5) is 0 Å². The first kappa shape index (κ1) is 27.9. The molecule has 0 bridgehead atoms. The molecule has 1 rings (SSSR count). The van der Waals surface area contributed by atoms with Crippen LogP contribution < -0.4 is 5.73 Å². The van der Waals surface area contributed by atoms with Gasteiger partial charge in [-0.25, -0.2) is 0 Å². The van der Waals surface area contributed by atoms with Gasteiger partial charge in [-0.2, -0.15) is 30.3 Å². The Labute approximate surface area is 164 Å². The van der Waals surface area contributed by atoms with Crippen molar-refractivity contribution < 1.29 is 20.4 Å². The molecule has 0 saturated carbocycles. The maximum atomic E-state index is 4.50. The first-order valence-electron chi connectivity index (χ1n) is 8.50. The molecular formula is C22H36NRe-. The first-order valence-corrected chi connectivity index (χ1v) is 8.50. The second-order valence-electron chi connectivity index (χ2n) is 5.40. The molecule has 0 spiro atoms. The van der Waals surface area contributed by atoms with Gasteiger partial charge >= 0.3 is 0 Å². The van der Waals surface area contributed by atoms with Gasteiger partial charge in [-0.15, -0.1) is 5.56 Å². The van der Waals surface area contributed by atoms with Gasteiger partial charge in [0.25, 0.3) is 0 Å². The van der Waals surface area contributed by atoms with Gasteiger partial charge in [0.2, 0.25) is 0 Å². The van der Waals surface area contributed by atoms with E-state index in [0.29, 0.717) is 5.92 Å². The zero-order valence-electron chi connectivity index (χ0n) is 16.4. The molecule has 1 atom stereocenters. The summed E-state index contributed by atoms with van der Waals surface area (Å²) in [6.45, 7) is 14.6. The fourth-order valence-electron chi connectivity index (χ4n) is 2.03. The van der Waals surface area contributed by atoms with Gasteiger partial charge in [0.15, 0.2) is 0 Å². The molecule has 24 heavy (non-hydrogen) atoms. The molecule has 0 aliphatic heterocycles. The molecule has 1 unspecified atom stereocenters. The van der Waals surface area contributed by atoms with Crippen molar-refractivity contribution in [2.75, 3.05) is 7.05 Å². The number of benzene rings is 1. The van der Waals surface area contributed by atoms with Crippen molar-refractivity contribution in [1.29, 1.82) is 0 Å². The Morgan fingerprint density at radius 2 is 1.75 bits per heavy atom. The van der Waals surface area contributed by atoms with Gasteiger partial charge < -0.3 is 5.73 Å². The molecule has 0 heterocycles. The fourth-order valence-corrected chi connectivity index (χ4v) is 2.03. The molecule has 0 aliphatic carbocycles. The van der Waals surface area contributed by atoms with E-state index in [9.17, 15) is 0 Å². The van der Waals surface area contributed by atoms with Crippen LogP contribution in [0.25, 0.3) is 5.57 Å². The Kier molecular flexibility index (Phi) is 23.4. The number of allylic oxidation sites excluding steroid dienone is 5. The molecule has 0 amide bonds. The minimum atomic E-state index is 0. The smallest absolute Gasteiger partial charge is 0 e. The summed E-state index contributed by atoms with van der Waals surface area (Å²) < 4.78 is 0. The third kappa shape index (κ3) is 14.6. The summed E-state index contributed by atoms with van der Waals surface area (Å²) in [5, 5.41) is 0.